The predicted molar refractivity (Wildman–Crippen MR) is 91.6 cm³/mol. The molecule has 4 nitrogen and oxygen atoms in total. The normalized spacial score (nSPS) is 12.6. The lowest BCUT2D eigenvalue weighted by atomic mass is 10.1. The minimum Gasteiger partial charge on any atom is -0.351 e. The summed E-state index contributed by atoms with van der Waals surface area (Å²) in [6, 6.07) is 6.46. The number of carbonyl (C=O) groups is 1. The molecule has 0 unspecified atom stereocenters. The van der Waals surface area contributed by atoms with Crippen LogP contribution in [0.25, 0.3) is 0 Å². The van der Waals surface area contributed by atoms with Gasteiger partial charge in [-0.25, -0.2) is 0 Å². The van der Waals surface area contributed by atoms with E-state index in [2.05, 4.69) is 36.4 Å². The van der Waals surface area contributed by atoms with E-state index in [1.165, 1.54) is 11.1 Å². The smallest absolute Gasteiger partial charge is 0.251 e. The van der Waals surface area contributed by atoms with E-state index in [4.69, 9.17) is 0 Å². The fraction of sp³-hybridized carbons (Fsp3) is 0.533. The van der Waals surface area contributed by atoms with Gasteiger partial charge >= 0.3 is 0 Å². The second kappa shape index (κ2) is 9.26. The molecule has 0 saturated heterocycles. The minimum atomic E-state index is 0. The molecule has 0 bridgehead atoms. The summed E-state index contributed by atoms with van der Waals surface area (Å²) in [5.41, 5.74) is 3.30. The molecular formula is C15H25Cl2N3O. The Morgan fingerprint density at radius 3 is 2.62 bits per heavy atom. The van der Waals surface area contributed by atoms with Gasteiger partial charge in [0, 0.05) is 37.8 Å². The van der Waals surface area contributed by atoms with Crippen LogP contribution in [-0.4, -0.2) is 37.0 Å². The topological polar surface area (TPSA) is 44.4 Å². The molecule has 1 aliphatic heterocycles. The van der Waals surface area contributed by atoms with Gasteiger partial charge in [-0.2, -0.15) is 0 Å². The Hall–Kier alpha value is -0.810. The number of hydrogen-bond donors (Lipinski definition) is 2. The van der Waals surface area contributed by atoms with Crippen molar-refractivity contribution in [2.24, 2.45) is 0 Å². The summed E-state index contributed by atoms with van der Waals surface area (Å²) in [5, 5.41) is 6.26. The Morgan fingerprint density at radius 2 is 1.95 bits per heavy atom. The van der Waals surface area contributed by atoms with Crippen molar-refractivity contribution in [1.29, 1.82) is 0 Å². The van der Waals surface area contributed by atoms with E-state index in [-0.39, 0.29) is 30.7 Å². The molecule has 1 heterocycles. The van der Waals surface area contributed by atoms with Crippen LogP contribution in [0.5, 0.6) is 0 Å². The maximum absolute atomic E-state index is 12.0. The number of rotatable bonds is 5. The minimum absolute atomic E-state index is 0. The summed E-state index contributed by atoms with van der Waals surface area (Å²) < 4.78 is 0. The summed E-state index contributed by atoms with van der Waals surface area (Å²) in [6.07, 6.45) is 0. The summed E-state index contributed by atoms with van der Waals surface area (Å²) in [4.78, 5) is 14.3. The van der Waals surface area contributed by atoms with Gasteiger partial charge in [0.05, 0.1) is 0 Å². The first-order valence-electron chi connectivity index (χ1n) is 6.89. The number of fused-ring (bicyclic) bond motifs is 1. The van der Waals surface area contributed by atoms with Crippen molar-refractivity contribution in [2.45, 2.75) is 33.0 Å². The molecule has 1 aromatic rings. The fourth-order valence-corrected chi connectivity index (χ4v) is 2.14. The Balaban J connectivity index is 0.00000200. The standard InChI is InChI=1S/C15H23N3O.2ClH/c1-11(2)18(3)7-6-17-15(19)12-4-5-13-9-16-10-14(13)8-12;;/h4-5,8,11,16H,6-7,9-10H2,1-3H3,(H,17,19);2*1H. The SMILES string of the molecule is CC(C)N(C)CCNC(=O)c1ccc2c(c1)CNC2.Cl.Cl. The molecule has 0 fully saturated rings. The van der Waals surface area contributed by atoms with Crippen LogP contribution in [-0.2, 0) is 13.1 Å². The quantitative estimate of drug-likeness (QED) is 0.868. The van der Waals surface area contributed by atoms with Crippen LogP contribution in [0.15, 0.2) is 18.2 Å². The van der Waals surface area contributed by atoms with Gasteiger partial charge in [-0.3, -0.25) is 4.79 Å². The molecule has 0 spiro atoms. The highest BCUT2D eigenvalue weighted by molar-refractivity contribution is 5.94. The molecule has 1 amide bonds. The third kappa shape index (κ3) is 5.47. The first kappa shape index (κ1) is 20.2. The number of nitrogens with zero attached hydrogens (tertiary/aromatic N) is 1. The van der Waals surface area contributed by atoms with Gasteiger partial charge in [0.2, 0.25) is 0 Å². The van der Waals surface area contributed by atoms with Crippen molar-refractivity contribution in [3.8, 4) is 0 Å². The van der Waals surface area contributed by atoms with Crippen molar-refractivity contribution in [2.75, 3.05) is 20.1 Å². The van der Waals surface area contributed by atoms with Crippen molar-refractivity contribution in [3.05, 3.63) is 34.9 Å². The van der Waals surface area contributed by atoms with Crippen LogP contribution >= 0.6 is 24.8 Å². The largest absolute Gasteiger partial charge is 0.351 e. The van der Waals surface area contributed by atoms with Crippen LogP contribution < -0.4 is 10.6 Å². The molecule has 0 aliphatic carbocycles. The Morgan fingerprint density at radius 1 is 1.29 bits per heavy atom. The van der Waals surface area contributed by atoms with Crippen LogP contribution in [0.2, 0.25) is 0 Å². The number of likely N-dealkylation sites (N-methyl/N-ethyl adjacent to an activating group) is 1. The van der Waals surface area contributed by atoms with Crippen molar-refractivity contribution in [1.82, 2.24) is 15.5 Å². The molecule has 0 saturated carbocycles. The Bertz CT molecular complexity index is 466. The van der Waals surface area contributed by atoms with E-state index in [0.29, 0.717) is 12.6 Å². The number of halogens is 2. The first-order chi connectivity index (χ1) is 9.08. The van der Waals surface area contributed by atoms with E-state index in [1.807, 2.05) is 18.2 Å². The van der Waals surface area contributed by atoms with E-state index >= 15 is 0 Å². The Labute approximate surface area is 139 Å². The van der Waals surface area contributed by atoms with Gasteiger partial charge < -0.3 is 15.5 Å². The van der Waals surface area contributed by atoms with E-state index in [9.17, 15) is 4.79 Å². The van der Waals surface area contributed by atoms with Gasteiger partial charge in [0.15, 0.2) is 0 Å². The van der Waals surface area contributed by atoms with Crippen LogP contribution in [0.1, 0.15) is 35.3 Å². The zero-order valence-electron chi connectivity index (χ0n) is 12.8. The molecule has 0 aromatic heterocycles. The fourth-order valence-electron chi connectivity index (χ4n) is 2.14. The zero-order valence-corrected chi connectivity index (χ0v) is 14.4. The molecule has 0 atom stereocenters. The lowest BCUT2D eigenvalue weighted by Gasteiger charge is -2.20. The van der Waals surface area contributed by atoms with Crippen molar-refractivity contribution >= 4 is 30.7 Å². The molecule has 0 radical (unpaired) electrons. The van der Waals surface area contributed by atoms with Crippen LogP contribution in [0.3, 0.4) is 0 Å². The van der Waals surface area contributed by atoms with Crippen molar-refractivity contribution < 1.29 is 4.79 Å². The van der Waals surface area contributed by atoms with Gasteiger partial charge in [0.25, 0.3) is 5.91 Å². The molecule has 1 aromatic carbocycles. The molecule has 2 N–H and O–H groups in total. The number of benzene rings is 1. The Kier molecular flexibility index (Phi) is 8.90. The lowest BCUT2D eigenvalue weighted by Crippen LogP contribution is -2.36. The molecule has 21 heavy (non-hydrogen) atoms. The van der Waals surface area contributed by atoms with Gasteiger partial charge in [-0.05, 0) is 44.2 Å². The van der Waals surface area contributed by atoms with Gasteiger partial charge in [-0.15, -0.1) is 24.8 Å². The maximum Gasteiger partial charge on any atom is 0.251 e. The van der Waals surface area contributed by atoms with Crippen LogP contribution in [0, 0.1) is 0 Å². The molecule has 1 aliphatic rings. The third-order valence-electron chi connectivity index (χ3n) is 3.73. The molecule has 2 rings (SSSR count). The summed E-state index contributed by atoms with van der Waals surface area (Å²) >= 11 is 0. The molecule has 120 valence electrons. The van der Waals surface area contributed by atoms with Crippen molar-refractivity contribution in [3.63, 3.8) is 0 Å². The van der Waals surface area contributed by atoms with E-state index in [0.717, 1.165) is 25.2 Å². The molecule has 6 heteroatoms. The van der Waals surface area contributed by atoms with Crippen LogP contribution in [0.4, 0.5) is 0 Å². The van der Waals surface area contributed by atoms with E-state index in [1.54, 1.807) is 0 Å². The first-order valence-corrected chi connectivity index (χ1v) is 6.89. The average molecular weight is 334 g/mol. The highest BCUT2D eigenvalue weighted by Gasteiger charge is 2.13. The highest BCUT2D eigenvalue weighted by Crippen LogP contribution is 2.16. The highest BCUT2D eigenvalue weighted by atomic mass is 35.5. The third-order valence-corrected chi connectivity index (χ3v) is 3.73. The number of nitrogens with one attached hydrogen (secondary N) is 2. The number of hydrogen-bond acceptors (Lipinski definition) is 3. The number of carbonyl (C=O) groups excluding carboxylic acids is 1. The maximum atomic E-state index is 12.0. The summed E-state index contributed by atoms with van der Waals surface area (Å²) in [7, 11) is 2.07. The summed E-state index contributed by atoms with van der Waals surface area (Å²) in [6.45, 7) is 7.63. The summed E-state index contributed by atoms with van der Waals surface area (Å²) in [5.74, 6) is 0.0202. The zero-order chi connectivity index (χ0) is 13.8. The number of amides is 1. The van der Waals surface area contributed by atoms with Gasteiger partial charge in [-0.1, -0.05) is 6.07 Å². The van der Waals surface area contributed by atoms with Gasteiger partial charge in [0.1, 0.15) is 0 Å². The predicted octanol–water partition coefficient (Wildman–Crippen LogP) is 2.20. The average Bonchev–Trinajstić information content (AvgIpc) is 2.85. The monoisotopic (exact) mass is 333 g/mol. The molecular weight excluding hydrogens is 309 g/mol. The second-order valence-electron chi connectivity index (χ2n) is 5.42. The lowest BCUT2D eigenvalue weighted by molar-refractivity contribution is 0.0948. The second-order valence-corrected chi connectivity index (χ2v) is 5.42. The van der Waals surface area contributed by atoms with E-state index < -0.39 is 0 Å².